The number of halogens is 1. The number of aromatic nitrogens is 2. The fourth-order valence-corrected chi connectivity index (χ4v) is 6.21. The maximum absolute atomic E-state index is 13.2. The lowest BCUT2D eigenvalue weighted by molar-refractivity contribution is -0.883. The third-order valence-corrected chi connectivity index (χ3v) is 8.31. The summed E-state index contributed by atoms with van der Waals surface area (Å²) < 4.78 is 3.10. The molecule has 0 fully saturated rings. The molecule has 1 amide bonds. The summed E-state index contributed by atoms with van der Waals surface area (Å²) in [7, 11) is 8.50. The van der Waals surface area contributed by atoms with Crippen molar-refractivity contribution >= 4 is 44.2 Å². The molecule has 0 radical (unpaired) electrons. The first-order chi connectivity index (χ1) is 20.2. The summed E-state index contributed by atoms with van der Waals surface area (Å²) in [6.45, 7) is 8.22. The van der Waals surface area contributed by atoms with Gasteiger partial charge in [-0.05, 0) is 47.9 Å². The molecule has 0 atom stereocenters. The van der Waals surface area contributed by atoms with Gasteiger partial charge in [-0.15, -0.1) is 0 Å². The van der Waals surface area contributed by atoms with Crippen molar-refractivity contribution in [3.63, 3.8) is 0 Å². The number of hydrogen-bond donors (Lipinski definition) is 0. The fraction of sp³-hybridized carbons (Fsp3) is 0.389. The highest BCUT2D eigenvalue weighted by Crippen LogP contribution is 2.37. The van der Waals surface area contributed by atoms with E-state index in [0.29, 0.717) is 11.0 Å². The van der Waals surface area contributed by atoms with Gasteiger partial charge >= 0.3 is 0 Å². The van der Waals surface area contributed by atoms with Gasteiger partial charge in [-0.3, -0.25) is 4.79 Å². The van der Waals surface area contributed by atoms with Crippen molar-refractivity contribution in [2.45, 2.75) is 39.7 Å². The summed E-state index contributed by atoms with van der Waals surface area (Å²) in [5.41, 5.74) is 4.52. The Morgan fingerprint density at radius 1 is 0.814 bits per heavy atom. The second-order valence-corrected chi connectivity index (χ2v) is 12.4. The Kier molecular flexibility index (Phi) is 10.5. The first kappa shape index (κ1) is 32.5. The average Bonchev–Trinajstić information content (AvgIpc) is 3.36. The second-order valence-electron chi connectivity index (χ2n) is 12.4. The van der Waals surface area contributed by atoms with Crippen molar-refractivity contribution in [3.05, 3.63) is 72.8 Å². The van der Waals surface area contributed by atoms with Gasteiger partial charge in [0.15, 0.2) is 6.54 Å². The number of rotatable bonds is 12. The van der Waals surface area contributed by atoms with Gasteiger partial charge in [-0.25, -0.2) is 4.98 Å². The van der Waals surface area contributed by atoms with Crippen LogP contribution in [0.25, 0.3) is 44.0 Å². The summed E-state index contributed by atoms with van der Waals surface area (Å²) in [4.78, 5) is 22.7. The molecule has 0 aliphatic rings. The van der Waals surface area contributed by atoms with Gasteiger partial charge < -0.3 is 35.8 Å². The van der Waals surface area contributed by atoms with Crippen LogP contribution in [0.3, 0.4) is 0 Å². The third-order valence-electron chi connectivity index (χ3n) is 8.31. The van der Waals surface area contributed by atoms with Gasteiger partial charge in [0.05, 0.1) is 31.7 Å². The molecule has 0 bridgehead atoms. The van der Waals surface area contributed by atoms with E-state index in [9.17, 15) is 4.79 Å². The molecule has 1 aromatic heterocycles. The Morgan fingerprint density at radius 2 is 1.37 bits per heavy atom. The van der Waals surface area contributed by atoms with Gasteiger partial charge in [0.1, 0.15) is 5.82 Å². The SMILES string of the molecule is CCCN(CCC)C(=O)C[N+](C)(C)CCCn1c(-c2ccc(N(C)C)cc2)nc2c3ccccc3c3ccccc3c21.[Br-]. The van der Waals surface area contributed by atoms with Crippen LogP contribution >= 0.6 is 0 Å². The number of likely N-dealkylation sites (N-methyl/N-ethyl adjacent to an activating group) is 1. The van der Waals surface area contributed by atoms with Crippen LogP contribution in [0, 0.1) is 0 Å². The van der Waals surface area contributed by atoms with Crippen molar-refractivity contribution in [2.75, 3.05) is 59.3 Å². The summed E-state index contributed by atoms with van der Waals surface area (Å²) in [5, 5.41) is 4.91. The molecule has 0 N–H and O–H groups in total. The standard InChI is InChI=1S/C36H46N5O.BrH/c1-7-22-39(23-8-2)33(42)26-41(5,6)25-13-24-40-35-32-17-12-10-15-30(32)29-14-9-11-16-31(29)34(35)37-36(40)27-18-20-28(21-19-27)38(3)4;/h9-12,14-21H,7-8,13,22-26H2,1-6H3;1H/q+1;/p-1. The first-order valence-electron chi connectivity index (χ1n) is 15.4. The van der Waals surface area contributed by atoms with E-state index in [-0.39, 0.29) is 22.9 Å². The van der Waals surface area contributed by atoms with Gasteiger partial charge in [0.25, 0.3) is 5.91 Å². The summed E-state index contributed by atoms with van der Waals surface area (Å²) >= 11 is 0. The molecule has 5 rings (SSSR count). The highest BCUT2D eigenvalue weighted by Gasteiger charge is 2.25. The zero-order valence-corrected chi connectivity index (χ0v) is 28.2. The Balaban J connectivity index is 0.00000423. The molecule has 0 unspecified atom stereocenters. The molecule has 0 aliphatic heterocycles. The van der Waals surface area contributed by atoms with E-state index < -0.39 is 0 Å². The van der Waals surface area contributed by atoms with Gasteiger partial charge in [-0.2, -0.15) is 0 Å². The second kappa shape index (κ2) is 13.9. The molecule has 0 spiro atoms. The lowest BCUT2D eigenvalue weighted by Gasteiger charge is -2.32. The van der Waals surface area contributed by atoms with E-state index in [1.807, 2.05) is 4.90 Å². The Hall–Kier alpha value is -3.42. The van der Waals surface area contributed by atoms with Crippen LogP contribution in [0.1, 0.15) is 33.1 Å². The molecule has 7 heteroatoms. The Bertz CT molecular complexity index is 1680. The third kappa shape index (κ3) is 6.89. The van der Waals surface area contributed by atoms with E-state index in [0.717, 1.165) is 62.3 Å². The maximum atomic E-state index is 13.2. The van der Waals surface area contributed by atoms with Crippen LogP contribution in [0.2, 0.25) is 0 Å². The average molecular weight is 645 g/mol. The minimum absolute atomic E-state index is 0. The summed E-state index contributed by atoms with van der Waals surface area (Å²) in [6, 6.07) is 26.0. The van der Waals surface area contributed by atoms with Crippen LogP contribution in [0.5, 0.6) is 0 Å². The maximum Gasteiger partial charge on any atom is 0.277 e. The van der Waals surface area contributed by atoms with Crippen molar-refractivity contribution in [3.8, 4) is 11.4 Å². The number of aryl methyl sites for hydroxylation is 1. The molecule has 0 saturated heterocycles. The number of fused-ring (bicyclic) bond motifs is 6. The first-order valence-corrected chi connectivity index (χ1v) is 15.4. The van der Waals surface area contributed by atoms with E-state index in [4.69, 9.17) is 4.98 Å². The largest absolute Gasteiger partial charge is 1.00 e. The van der Waals surface area contributed by atoms with Gasteiger partial charge in [0.2, 0.25) is 0 Å². The van der Waals surface area contributed by atoms with E-state index in [2.05, 4.69) is 124 Å². The molecule has 228 valence electrons. The topological polar surface area (TPSA) is 41.4 Å². The highest BCUT2D eigenvalue weighted by molar-refractivity contribution is 6.23. The molecule has 0 saturated carbocycles. The van der Waals surface area contributed by atoms with Crippen molar-refractivity contribution in [1.29, 1.82) is 0 Å². The predicted octanol–water partition coefficient (Wildman–Crippen LogP) is 4.19. The predicted molar refractivity (Wildman–Crippen MR) is 178 cm³/mol. The number of hydrogen-bond acceptors (Lipinski definition) is 3. The van der Waals surface area contributed by atoms with Crippen LogP contribution in [-0.2, 0) is 11.3 Å². The van der Waals surface area contributed by atoms with E-state index >= 15 is 0 Å². The summed E-state index contributed by atoms with van der Waals surface area (Å²) in [6.07, 6.45) is 2.93. The zero-order chi connectivity index (χ0) is 29.9. The van der Waals surface area contributed by atoms with E-state index in [1.54, 1.807) is 0 Å². The lowest BCUT2D eigenvalue weighted by atomic mass is 10.00. The number of carbonyl (C=O) groups excluding carboxylic acids is 1. The van der Waals surface area contributed by atoms with Gasteiger partial charge in [0, 0.05) is 62.2 Å². The number of carbonyl (C=O) groups is 1. The zero-order valence-electron chi connectivity index (χ0n) is 26.6. The molecule has 6 nitrogen and oxygen atoms in total. The fourth-order valence-electron chi connectivity index (χ4n) is 6.21. The lowest BCUT2D eigenvalue weighted by Crippen LogP contribution is -3.00. The van der Waals surface area contributed by atoms with Crippen LogP contribution in [0.4, 0.5) is 5.69 Å². The number of nitrogens with zero attached hydrogens (tertiary/aromatic N) is 5. The van der Waals surface area contributed by atoms with Gasteiger partial charge in [-0.1, -0.05) is 62.4 Å². The molecular weight excluding hydrogens is 598 g/mol. The number of quaternary nitrogens is 1. The smallest absolute Gasteiger partial charge is 0.277 e. The van der Waals surface area contributed by atoms with E-state index in [1.165, 1.54) is 32.7 Å². The number of benzene rings is 4. The molecular formula is C36H46BrN5O. The minimum Gasteiger partial charge on any atom is -1.00 e. The monoisotopic (exact) mass is 643 g/mol. The van der Waals surface area contributed by atoms with Crippen molar-refractivity contribution in [2.24, 2.45) is 0 Å². The van der Waals surface area contributed by atoms with Crippen LogP contribution < -0.4 is 21.9 Å². The highest BCUT2D eigenvalue weighted by atomic mass is 79.9. The number of amides is 1. The summed E-state index contributed by atoms with van der Waals surface area (Å²) in [5.74, 6) is 1.26. The quantitative estimate of drug-likeness (QED) is 0.151. The van der Waals surface area contributed by atoms with Crippen molar-refractivity contribution in [1.82, 2.24) is 14.5 Å². The minimum atomic E-state index is 0. The number of anilines is 1. The van der Waals surface area contributed by atoms with Crippen LogP contribution in [-0.4, -0.2) is 79.2 Å². The Morgan fingerprint density at radius 3 is 1.95 bits per heavy atom. The molecule has 4 aromatic carbocycles. The molecule has 1 heterocycles. The Labute approximate surface area is 267 Å². The molecule has 5 aromatic rings. The van der Waals surface area contributed by atoms with Crippen molar-refractivity contribution < 1.29 is 26.3 Å². The molecule has 43 heavy (non-hydrogen) atoms. The van der Waals surface area contributed by atoms with Crippen LogP contribution in [0.15, 0.2) is 72.8 Å². The number of imidazole rings is 1. The normalized spacial score (nSPS) is 11.7. The molecule has 0 aliphatic carbocycles.